The summed E-state index contributed by atoms with van der Waals surface area (Å²) in [6.07, 6.45) is 0. The predicted molar refractivity (Wildman–Crippen MR) is 92.9 cm³/mol. The summed E-state index contributed by atoms with van der Waals surface area (Å²) in [6.45, 7) is 5.23. The van der Waals surface area contributed by atoms with Crippen molar-refractivity contribution in [3.63, 3.8) is 0 Å². The third-order valence-electron chi connectivity index (χ3n) is 3.14. The molecular weight excluding hydrogens is 334 g/mol. The van der Waals surface area contributed by atoms with E-state index in [0.29, 0.717) is 11.5 Å². The normalized spacial score (nSPS) is 12.4. The molecule has 0 amide bonds. The molecule has 0 aliphatic carbocycles. The summed E-state index contributed by atoms with van der Waals surface area (Å²) < 4.78 is 31.8. The van der Waals surface area contributed by atoms with E-state index in [4.69, 9.17) is 4.74 Å². The van der Waals surface area contributed by atoms with Crippen molar-refractivity contribution in [2.24, 2.45) is 0 Å². The van der Waals surface area contributed by atoms with Crippen molar-refractivity contribution in [3.05, 3.63) is 24.3 Å². The molecule has 5 nitrogen and oxygen atoms in total. The van der Waals surface area contributed by atoms with Crippen LogP contribution in [0.25, 0.3) is 0 Å². The van der Waals surface area contributed by atoms with Gasteiger partial charge in [-0.05, 0) is 38.1 Å². The van der Waals surface area contributed by atoms with Gasteiger partial charge >= 0.3 is 0 Å². The second kappa shape index (κ2) is 8.96. The van der Waals surface area contributed by atoms with Crippen LogP contribution in [0.15, 0.2) is 29.2 Å². The second-order valence-electron chi connectivity index (χ2n) is 4.86. The summed E-state index contributed by atoms with van der Waals surface area (Å²) in [5.41, 5.74) is 0. The lowest BCUT2D eigenvalue weighted by Crippen LogP contribution is -2.36. The quantitative estimate of drug-likeness (QED) is 0.703. The second-order valence-corrected chi connectivity index (χ2v) is 8.05. The highest BCUT2D eigenvalue weighted by Gasteiger charge is 2.25. The lowest BCUT2D eigenvalue weighted by molar-refractivity contribution is -0.109. The van der Waals surface area contributed by atoms with Crippen LogP contribution >= 0.6 is 11.8 Å². The van der Waals surface area contributed by atoms with Gasteiger partial charge in [0.05, 0.1) is 4.90 Å². The fraction of sp³-hybridized carbons (Fsp3) is 0.438. The lowest BCUT2D eigenvalue weighted by Gasteiger charge is -2.23. The van der Waals surface area contributed by atoms with Crippen LogP contribution in [0.2, 0.25) is 0 Å². The maximum Gasteiger partial charge on any atom is 0.243 e. The van der Waals surface area contributed by atoms with Gasteiger partial charge in [-0.1, -0.05) is 17.7 Å². The van der Waals surface area contributed by atoms with Gasteiger partial charge in [-0.15, -0.1) is 5.92 Å². The number of rotatable bonds is 7. The Labute approximate surface area is 142 Å². The van der Waals surface area contributed by atoms with Crippen molar-refractivity contribution >= 4 is 26.9 Å². The van der Waals surface area contributed by atoms with E-state index in [9.17, 15) is 13.2 Å². The van der Waals surface area contributed by atoms with E-state index in [0.717, 1.165) is 11.8 Å². The Morgan fingerprint density at radius 1 is 1.35 bits per heavy atom. The van der Waals surface area contributed by atoms with E-state index in [1.165, 1.54) is 30.4 Å². The topological polar surface area (TPSA) is 63.7 Å². The van der Waals surface area contributed by atoms with Gasteiger partial charge in [-0.3, -0.25) is 4.79 Å². The van der Waals surface area contributed by atoms with Crippen LogP contribution in [0, 0.1) is 11.8 Å². The molecule has 1 unspecified atom stereocenters. The van der Waals surface area contributed by atoms with Gasteiger partial charge in [0.25, 0.3) is 0 Å². The summed E-state index contributed by atoms with van der Waals surface area (Å²) in [5.74, 6) is 6.47. The molecule has 0 bridgehead atoms. The minimum absolute atomic E-state index is 0.0284. The van der Waals surface area contributed by atoms with Crippen LogP contribution in [-0.2, 0) is 14.8 Å². The molecule has 1 rings (SSSR count). The zero-order valence-electron chi connectivity index (χ0n) is 13.7. The maximum atomic E-state index is 12.6. The van der Waals surface area contributed by atoms with Gasteiger partial charge in [0.15, 0.2) is 5.12 Å². The van der Waals surface area contributed by atoms with Crippen molar-refractivity contribution in [2.45, 2.75) is 31.7 Å². The highest BCUT2D eigenvalue weighted by Crippen LogP contribution is 2.21. The van der Waals surface area contributed by atoms with Crippen LogP contribution in [0.3, 0.4) is 0 Å². The van der Waals surface area contributed by atoms with Crippen molar-refractivity contribution in [1.29, 1.82) is 0 Å². The van der Waals surface area contributed by atoms with E-state index in [1.807, 2.05) is 0 Å². The Bertz CT molecular complexity index is 687. The molecule has 1 aromatic rings. The molecule has 1 atom stereocenters. The molecule has 0 aliphatic rings. The van der Waals surface area contributed by atoms with E-state index in [2.05, 4.69) is 11.8 Å². The fourth-order valence-electron chi connectivity index (χ4n) is 1.65. The molecule has 0 heterocycles. The Balaban J connectivity index is 2.81. The smallest absolute Gasteiger partial charge is 0.243 e. The third-order valence-corrected chi connectivity index (χ3v) is 6.18. The summed E-state index contributed by atoms with van der Waals surface area (Å²) in [4.78, 5) is 11.2. The molecule has 126 valence electrons. The number of carbonyl (C=O) groups excluding carboxylic acids is 1. The summed E-state index contributed by atoms with van der Waals surface area (Å²) in [7, 11) is -2.09. The van der Waals surface area contributed by atoms with Gasteiger partial charge in [0, 0.05) is 25.8 Å². The molecule has 1 aromatic carbocycles. The molecule has 0 spiro atoms. The lowest BCUT2D eigenvalue weighted by atomic mass is 10.3. The number of thioether (sulfide) groups is 1. The number of ether oxygens (including phenoxy) is 1. The van der Waals surface area contributed by atoms with E-state index >= 15 is 0 Å². The predicted octanol–water partition coefficient (Wildman–Crippen LogP) is 2.38. The summed E-state index contributed by atoms with van der Waals surface area (Å²) in [5, 5.41) is -0.0284. The Hall–Kier alpha value is -1.49. The molecule has 7 heteroatoms. The molecule has 0 saturated heterocycles. The van der Waals surface area contributed by atoms with Gasteiger partial charge in [-0.25, -0.2) is 8.42 Å². The van der Waals surface area contributed by atoms with Crippen molar-refractivity contribution in [2.75, 3.05) is 19.4 Å². The molecule has 0 aromatic heterocycles. The average molecular weight is 355 g/mol. The number of carbonyl (C=O) groups is 1. The van der Waals surface area contributed by atoms with Crippen LogP contribution in [-0.4, -0.2) is 43.3 Å². The zero-order chi connectivity index (χ0) is 17.5. The van der Waals surface area contributed by atoms with Crippen molar-refractivity contribution < 1.29 is 17.9 Å². The van der Waals surface area contributed by atoms with E-state index in [-0.39, 0.29) is 22.7 Å². The van der Waals surface area contributed by atoms with Crippen LogP contribution < -0.4 is 4.74 Å². The van der Waals surface area contributed by atoms with Crippen LogP contribution in [0.4, 0.5) is 0 Å². The van der Waals surface area contributed by atoms with Crippen molar-refractivity contribution in [3.8, 4) is 17.6 Å². The zero-order valence-corrected chi connectivity index (χ0v) is 15.3. The fourth-order valence-corrected chi connectivity index (χ4v) is 3.80. The number of sulfonamides is 1. The first-order valence-electron chi connectivity index (χ1n) is 7.03. The molecular formula is C16H21NO4S2. The average Bonchev–Trinajstić information content (AvgIpc) is 2.52. The first kappa shape index (κ1) is 19.6. The minimum atomic E-state index is -3.60. The Morgan fingerprint density at radius 2 is 1.96 bits per heavy atom. The van der Waals surface area contributed by atoms with E-state index in [1.54, 1.807) is 26.0 Å². The Kier molecular flexibility index (Phi) is 7.62. The van der Waals surface area contributed by atoms with Crippen LogP contribution in [0.1, 0.15) is 20.8 Å². The minimum Gasteiger partial charge on any atom is -0.481 e. The molecule has 23 heavy (non-hydrogen) atoms. The number of benzene rings is 1. The molecule has 0 aliphatic heterocycles. The first-order valence-corrected chi connectivity index (χ1v) is 9.45. The largest absolute Gasteiger partial charge is 0.481 e. The third kappa shape index (κ3) is 5.90. The highest BCUT2D eigenvalue weighted by molar-refractivity contribution is 8.13. The summed E-state index contributed by atoms with van der Waals surface area (Å²) >= 11 is 1.11. The Morgan fingerprint density at radius 3 is 2.48 bits per heavy atom. The van der Waals surface area contributed by atoms with Crippen LogP contribution in [0.5, 0.6) is 5.75 Å². The SMILES string of the molecule is CC#CCOc1ccc(S(=O)(=O)N(C)C(C)CSC(C)=O)cc1. The van der Waals surface area contributed by atoms with Gasteiger partial charge in [0.2, 0.25) is 10.0 Å². The van der Waals surface area contributed by atoms with Gasteiger partial charge < -0.3 is 4.74 Å². The van der Waals surface area contributed by atoms with E-state index < -0.39 is 10.0 Å². The monoisotopic (exact) mass is 355 g/mol. The maximum absolute atomic E-state index is 12.6. The summed E-state index contributed by atoms with van der Waals surface area (Å²) in [6, 6.07) is 5.93. The van der Waals surface area contributed by atoms with Gasteiger partial charge in [0.1, 0.15) is 12.4 Å². The van der Waals surface area contributed by atoms with Gasteiger partial charge in [-0.2, -0.15) is 4.31 Å². The number of nitrogens with zero attached hydrogens (tertiary/aromatic N) is 1. The highest BCUT2D eigenvalue weighted by atomic mass is 32.2. The van der Waals surface area contributed by atoms with Crippen molar-refractivity contribution in [1.82, 2.24) is 4.31 Å². The molecule has 0 N–H and O–H groups in total. The number of hydrogen-bond acceptors (Lipinski definition) is 5. The number of hydrogen-bond donors (Lipinski definition) is 0. The standard InChI is InChI=1S/C16H21NO4S2/c1-5-6-11-21-15-7-9-16(10-8-15)23(19,20)17(4)13(2)12-22-14(3)18/h7-10,13H,11-12H2,1-4H3. The molecule has 0 fully saturated rings. The first-order chi connectivity index (χ1) is 10.8. The molecule has 0 saturated carbocycles. The molecule has 0 radical (unpaired) electrons.